The molecule has 2 aliphatic rings. The minimum atomic E-state index is -0.762. The molecule has 2 saturated heterocycles. The van der Waals surface area contributed by atoms with E-state index in [0.717, 1.165) is 30.3 Å². The van der Waals surface area contributed by atoms with Gasteiger partial charge >= 0.3 is 0 Å². The Kier molecular flexibility index (Phi) is 4.52. The van der Waals surface area contributed by atoms with Gasteiger partial charge in [0.1, 0.15) is 5.54 Å². The zero-order valence-corrected chi connectivity index (χ0v) is 16.8. The SMILES string of the molecule is CC(C)N1CCCC2(CCCN2C(=O)c2cc(=O)n(C)c3ccccc23)C1=O. The van der Waals surface area contributed by atoms with E-state index in [1.54, 1.807) is 16.5 Å². The quantitative estimate of drug-likeness (QED) is 0.803. The Hall–Kier alpha value is -2.63. The van der Waals surface area contributed by atoms with Crippen LogP contribution in [0.1, 0.15) is 49.9 Å². The van der Waals surface area contributed by atoms with Crippen molar-refractivity contribution in [1.82, 2.24) is 14.4 Å². The zero-order chi connectivity index (χ0) is 20.1. The number of benzene rings is 1. The lowest BCUT2D eigenvalue weighted by molar-refractivity contribution is -0.147. The first-order valence-corrected chi connectivity index (χ1v) is 10.1. The largest absolute Gasteiger partial charge is 0.338 e. The van der Waals surface area contributed by atoms with Crippen LogP contribution in [0.3, 0.4) is 0 Å². The van der Waals surface area contributed by atoms with E-state index in [2.05, 4.69) is 0 Å². The molecule has 1 unspecified atom stereocenters. The minimum Gasteiger partial charge on any atom is -0.338 e. The lowest BCUT2D eigenvalue weighted by Crippen LogP contribution is -2.62. The zero-order valence-electron chi connectivity index (χ0n) is 16.8. The van der Waals surface area contributed by atoms with Crippen LogP contribution in [0.25, 0.3) is 10.9 Å². The van der Waals surface area contributed by atoms with Crippen molar-refractivity contribution in [2.45, 2.75) is 51.1 Å². The Bertz CT molecular complexity index is 1010. The number of rotatable bonds is 2. The normalized spacial score (nSPS) is 22.6. The molecule has 0 aliphatic carbocycles. The number of likely N-dealkylation sites (tertiary alicyclic amines) is 2. The predicted molar refractivity (Wildman–Crippen MR) is 108 cm³/mol. The first-order valence-electron chi connectivity index (χ1n) is 10.1. The van der Waals surface area contributed by atoms with E-state index in [1.807, 2.05) is 43.0 Å². The van der Waals surface area contributed by atoms with Crippen LogP contribution in [-0.2, 0) is 11.8 Å². The third-order valence-electron chi connectivity index (χ3n) is 6.39. The van der Waals surface area contributed by atoms with Crippen molar-refractivity contribution in [2.24, 2.45) is 7.05 Å². The van der Waals surface area contributed by atoms with Crippen molar-refractivity contribution < 1.29 is 9.59 Å². The van der Waals surface area contributed by atoms with E-state index in [9.17, 15) is 14.4 Å². The highest BCUT2D eigenvalue weighted by molar-refractivity contribution is 6.08. The van der Waals surface area contributed by atoms with Crippen molar-refractivity contribution in [3.05, 3.63) is 46.2 Å². The second kappa shape index (κ2) is 6.76. The van der Waals surface area contributed by atoms with Gasteiger partial charge in [0.25, 0.3) is 11.5 Å². The summed E-state index contributed by atoms with van der Waals surface area (Å²) in [6.07, 6.45) is 3.10. The van der Waals surface area contributed by atoms with E-state index < -0.39 is 5.54 Å². The molecule has 6 heteroatoms. The number of fused-ring (bicyclic) bond motifs is 1. The van der Waals surface area contributed by atoms with Gasteiger partial charge in [0.15, 0.2) is 0 Å². The standard InChI is InChI=1S/C22H27N3O3/c1-15(2)24-12-6-10-22(21(24)28)11-7-13-25(22)20(27)17-14-19(26)23(3)18-9-5-4-8-16(17)18/h4-5,8-9,14-15H,6-7,10-13H2,1-3H3. The number of hydrogen-bond donors (Lipinski definition) is 0. The topological polar surface area (TPSA) is 62.6 Å². The van der Waals surface area contributed by atoms with E-state index in [1.165, 1.54) is 6.07 Å². The Morgan fingerprint density at radius 1 is 1.07 bits per heavy atom. The number of pyridine rings is 1. The predicted octanol–water partition coefficient (Wildman–Crippen LogP) is 2.54. The van der Waals surface area contributed by atoms with E-state index in [4.69, 9.17) is 0 Å². The molecule has 2 aromatic rings. The van der Waals surface area contributed by atoms with Gasteiger partial charge in [0.2, 0.25) is 5.91 Å². The molecule has 148 valence electrons. The van der Waals surface area contributed by atoms with Crippen LogP contribution in [-0.4, -0.2) is 50.9 Å². The molecule has 0 radical (unpaired) electrons. The van der Waals surface area contributed by atoms with Gasteiger partial charge in [-0.1, -0.05) is 18.2 Å². The lowest BCUT2D eigenvalue weighted by atomic mass is 9.84. The number of amides is 2. The summed E-state index contributed by atoms with van der Waals surface area (Å²) in [5.74, 6) is -0.141. The molecule has 0 saturated carbocycles. The summed E-state index contributed by atoms with van der Waals surface area (Å²) in [4.78, 5) is 43.1. The molecule has 2 aliphatic heterocycles. The van der Waals surface area contributed by atoms with Crippen molar-refractivity contribution >= 4 is 22.7 Å². The smallest absolute Gasteiger partial charge is 0.255 e. The summed E-state index contributed by atoms with van der Waals surface area (Å²) < 4.78 is 1.55. The Balaban J connectivity index is 1.80. The maximum atomic E-state index is 13.6. The highest BCUT2D eigenvalue weighted by Gasteiger charge is 2.53. The van der Waals surface area contributed by atoms with Gasteiger partial charge in [-0.15, -0.1) is 0 Å². The number of nitrogens with zero attached hydrogens (tertiary/aromatic N) is 3. The minimum absolute atomic E-state index is 0.0627. The van der Waals surface area contributed by atoms with E-state index in [0.29, 0.717) is 24.9 Å². The molecule has 1 aromatic heterocycles. The summed E-state index contributed by atoms with van der Waals surface area (Å²) in [5, 5.41) is 0.751. The van der Waals surface area contributed by atoms with Gasteiger partial charge in [-0.05, 0) is 45.6 Å². The molecular weight excluding hydrogens is 354 g/mol. The molecule has 1 spiro atoms. The van der Waals surface area contributed by atoms with Gasteiger partial charge in [-0.25, -0.2) is 0 Å². The number of piperidine rings is 1. The molecule has 3 heterocycles. The van der Waals surface area contributed by atoms with Gasteiger partial charge in [-0.2, -0.15) is 0 Å². The Labute approximate surface area is 164 Å². The maximum absolute atomic E-state index is 13.6. The van der Waals surface area contributed by atoms with Crippen LogP contribution >= 0.6 is 0 Å². The van der Waals surface area contributed by atoms with Crippen LogP contribution in [0, 0.1) is 0 Å². The fourth-order valence-corrected chi connectivity index (χ4v) is 4.90. The van der Waals surface area contributed by atoms with Crippen LogP contribution in [0.4, 0.5) is 0 Å². The first-order chi connectivity index (χ1) is 13.4. The average molecular weight is 381 g/mol. The van der Waals surface area contributed by atoms with Crippen LogP contribution < -0.4 is 5.56 Å². The van der Waals surface area contributed by atoms with Gasteiger partial charge in [-0.3, -0.25) is 14.4 Å². The van der Waals surface area contributed by atoms with Crippen molar-refractivity contribution in [3.8, 4) is 0 Å². The number of para-hydroxylation sites is 1. The molecule has 28 heavy (non-hydrogen) atoms. The number of carbonyl (C=O) groups is 2. The summed E-state index contributed by atoms with van der Waals surface area (Å²) in [6, 6.07) is 8.98. The third kappa shape index (κ3) is 2.65. The molecule has 2 amide bonds. The second-order valence-corrected chi connectivity index (χ2v) is 8.26. The molecule has 2 fully saturated rings. The maximum Gasteiger partial charge on any atom is 0.255 e. The molecule has 0 bridgehead atoms. The van der Waals surface area contributed by atoms with Crippen LogP contribution in [0.2, 0.25) is 0 Å². The van der Waals surface area contributed by atoms with Gasteiger partial charge in [0.05, 0.1) is 11.1 Å². The molecule has 1 aromatic carbocycles. The van der Waals surface area contributed by atoms with Gasteiger partial charge in [0, 0.05) is 37.6 Å². The van der Waals surface area contributed by atoms with Crippen molar-refractivity contribution in [3.63, 3.8) is 0 Å². The summed E-state index contributed by atoms with van der Waals surface area (Å²) >= 11 is 0. The molecule has 1 atom stereocenters. The first kappa shape index (κ1) is 18.7. The van der Waals surface area contributed by atoms with Gasteiger partial charge < -0.3 is 14.4 Å². The van der Waals surface area contributed by atoms with Crippen molar-refractivity contribution in [2.75, 3.05) is 13.1 Å². The number of aryl methyl sites for hydroxylation is 1. The van der Waals surface area contributed by atoms with E-state index in [-0.39, 0.29) is 23.4 Å². The summed E-state index contributed by atoms with van der Waals surface area (Å²) in [5.41, 5.74) is 0.149. The number of aromatic nitrogens is 1. The molecule has 6 nitrogen and oxygen atoms in total. The molecule has 4 rings (SSSR count). The number of hydrogen-bond acceptors (Lipinski definition) is 3. The summed E-state index contributed by atoms with van der Waals surface area (Å²) in [6.45, 7) is 5.34. The monoisotopic (exact) mass is 381 g/mol. The second-order valence-electron chi connectivity index (χ2n) is 8.26. The highest BCUT2D eigenvalue weighted by Crippen LogP contribution is 2.40. The summed E-state index contributed by atoms with van der Waals surface area (Å²) in [7, 11) is 1.71. The van der Waals surface area contributed by atoms with Crippen molar-refractivity contribution in [1.29, 1.82) is 0 Å². The van der Waals surface area contributed by atoms with E-state index >= 15 is 0 Å². The van der Waals surface area contributed by atoms with Crippen LogP contribution in [0.5, 0.6) is 0 Å². The Morgan fingerprint density at radius 3 is 2.46 bits per heavy atom. The lowest BCUT2D eigenvalue weighted by Gasteiger charge is -2.46. The third-order valence-corrected chi connectivity index (χ3v) is 6.39. The molecular formula is C22H27N3O3. The fraction of sp³-hybridized carbons (Fsp3) is 0.500. The Morgan fingerprint density at radius 2 is 1.75 bits per heavy atom. The highest BCUT2D eigenvalue weighted by atomic mass is 16.2. The van der Waals surface area contributed by atoms with Crippen LogP contribution in [0.15, 0.2) is 35.1 Å². The fourth-order valence-electron chi connectivity index (χ4n) is 4.90. The molecule has 0 N–H and O–H groups in total. The average Bonchev–Trinajstić information content (AvgIpc) is 3.10. The number of carbonyl (C=O) groups excluding carboxylic acids is 2.